The van der Waals surface area contributed by atoms with Gasteiger partial charge in [0, 0.05) is 6.26 Å². The molecule has 1 aromatic heterocycles. The summed E-state index contributed by atoms with van der Waals surface area (Å²) in [5, 5.41) is 0. The number of sulfone groups is 1. The van der Waals surface area contributed by atoms with Crippen LogP contribution in [0.3, 0.4) is 0 Å². The van der Waals surface area contributed by atoms with Crippen molar-refractivity contribution in [2.75, 3.05) is 12.0 Å². The molecule has 1 atom stereocenters. The summed E-state index contributed by atoms with van der Waals surface area (Å²) in [7, 11) is -2.94. The fourth-order valence-electron chi connectivity index (χ4n) is 0.935. The molecule has 13 heavy (non-hydrogen) atoms. The molecular weight excluding hydrogens is 190 g/mol. The molecule has 0 fully saturated rings. The Hall–Kier alpha value is -0.810. The minimum absolute atomic E-state index is 0.0782. The zero-order chi connectivity index (χ0) is 9.90. The predicted octanol–water partition coefficient (Wildman–Crippen LogP) is 0.514. The third kappa shape index (κ3) is 3.61. The maximum absolute atomic E-state index is 10.8. The third-order valence-electron chi connectivity index (χ3n) is 1.66. The topological polar surface area (TPSA) is 73.3 Å². The average molecular weight is 202 g/mol. The van der Waals surface area contributed by atoms with Gasteiger partial charge in [-0.05, 0) is 18.6 Å². The fourth-order valence-corrected chi connectivity index (χ4v) is 1.62. The van der Waals surface area contributed by atoms with Crippen molar-refractivity contribution in [3.63, 3.8) is 0 Å². The molecule has 4 nitrogen and oxygen atoms in total. The van der Waals surface area contributed by atoms with Crippen LogP contribution in [0.5, 0.6) is 0 Å². The van der Waals surface area contributed by atoms with E-state index in [9.17, 15) is 8.42 Å². The Bertz CT molecular complexity index is 341. The number of nitrogens with two attached hydrogens (primary N) is 1. The number of rotatable bonds is 4. The summed E-state index contributed by atoms with van der Waals surface area (Å²) in [4.78, 5) is 0. The van der Waals surface area contributed by atoms with Crippen molar-refractivity contribution in [1.82, 2.24) is 0 Å². The Balaban J connectivity index is 2.48. The van der Waals surface area contributed by atoms with Crippen LogP contribution in [-0.4, -0.2) is 20.4 Å². The lowest BCUT2D eigenvalue weighted by Gasteiger charge is -2.06. The highest BCUT2D eigenvalue weighted by atomic mass is 32.2. The normalized spacial score (nSPS) is 14.3. The van der Waals surface area contributed by atoms with Crippen LogP contribution >= 0.6 is 0 Å². The second kappa shape index (κ2) is 3.93. The zero-order valence-electron chi connectivity index (χ0n) is 7.36. The van der Waals surface area contributed by atoms with Crippen LogP contribution in [-0.2, 0) is 9.84 Å². The standard InChI is InChI=1S/C8H12NO3S/c1-13(10,11)6-4-7(9)8-3-2-5-12-8/h2-3,7H,4,6,9H2,1H3. The Labute approximate surface area is 77.7 Å². The number of furan rings is 1. The van der Waals surface area contributed by atoms with Gasteiger partial charge >= 0.3 is 0 Å². The van der Waals surface area contributed by atoms with Crippen LogP contribution in [0.4, 0.5) is 0 Å². The summed E-state index contributed by atoms with van der Waals surface area (Å²) < 4.78 is 26.5. The Morgan fingerprint density at radius 3 is 2.85 bits per heavy atom. The lowest BCUT2D eigenvalue weighted by Crippen LogP contribution is -2.14. The summed E-state index contributed by atoms with van der Waals surface area (Å²) in [5.74, 6) is 0.651. The van der Waals surface area contributed by atoms with Crippen LogP contribution in [0, 0.1) is 6.26 Å². The molecule has 0 aliphatic heterocycles. The van der Waals surface area contributed by atoms with Crippen molar-refractivity contribution in [3.05, 3.63) is 24.2 Å². The second-order valence-electron chi connectivity index (χ2n) is 2.98. The molecule has 5 heteroatoms. The highest BCUT2D eigenvalue weighted by Gasteiger charge is 2.11. The molecule has 0 aliphatic carbocycles. The van der Waals surface area contributed by atoms with E-state index in [4.69, 9.17) is 10.2 Å². The summed E-state index contributed by atoms with van der Waals surface area (Å²) in [6, 6.07) is 2.93. The van der Waals surface area contributed by atoms with Gasteiger partial charge < -0.3 is 10.2 Å². The lowest BCUT2D eigenvalue weighted by molar-refractivity contribution is 0.454. The molecule has 73 valence electrons. The highest BCUT2D eigenvalue weighted by Crippen LogP contribution is 2.14. The first-order chi connectivity index (χ1) is 5.99. The van der Waals surface area contributed by atoms with Crippen LogP contribution in [0.25, 0.3) is 0 Å². The van der Waals surface area contributed by atoms with E-state index in [-0.39, 0.29) is 11.8 Å². The van der Waals surface area contributed by atoms with Crippen molar-refractivity contribution in [2.45, 2.75) is 12.5 Å². The van der Waals surface area contributed by atoms with Gasteiger partial charge in [-0.15, -0.1) is 0 Å². The molecule has 0 spiro atoms. The first-order valence-corrected chi connectivity index (χ1v) is 5.94. The van der Waals surface area contributed by atoms with Crippen molar-refractivity contribution in [1.29, 1.82) is 0 Å². The first kappa shape index (κ1) is 10.3. The monoisotopic (exact) mass is 202 g/mol. The SMILES string of the molecule is CS(=O)(=O)CCC(N)c1cc[c]o1. The minimum atomic E-state index is -2.94. The van der Waals surface area contributed by atoms with Gasteiger partial charge in [0.2, 0.25) is 0 Å². The van der Waals surface area contributed by atoms with Crippen LogP contribution in [0.2, 0.25) is 0 Å². The zero-order valence-corrected chi connectivity index (χ0v) is 8.17. The highest BCUT2D eigenvalue weighted by molar-refractivity contribution is 7.90. The van der Waals surface area contributed by atoms with Crippen LogP contribution < -0.4 is 5.73 Å². The van der Waals surface area contributed by atoms with E-state index in [1.54, 1.807) is 12.1 Å². The van der Waals surface area contributed by atoms with Gasteiger partial charge in [-0.1, -0.05) is 0 Å². The molecule has 1 rings (SSSR count). The maximum Gasteiger partial charge on any atom is 0.169 e. The molecule has 0 saturated heterocycles. The van der Waals surface area contributed by atoms with Gasteiger partial charge in [-0.25, -0.2) is 8.42 Å². The Kier molecular flexibility index (Phi) is 3.11. The molecule has 2 N–H and O–H groups in total. The molecule has 1 aromatic rings. The van der Waals surface area contributed by atoms with Crippen molar-refractivity contribution < 1.29 is 12.8 Å². The van der Waals surface area contributed by atoms with Crippen molar-refractivity contribution in [3.8, 4) is 0 Å². The first-order valence-electron chi connectivity index (χ1n) is 3.88. The molecule has 0 saturated carbocycles. The number of hydrogen-bond acceptors (Lipinski definition) is 4. The predicted molar refractivity (Wildman–Crippen MR) is 48.8 cm³/mol. The molecule has 0 bridgehead atoms. The maximum atomic E-state index is 10.8. The largest absolute Gasteiger partial charge is 0.456 e. The molecular formula is C8H12NO3S. The smallest absolute Gasteiger partial charge is 0.169 e. The van der Waals surface area contributed by atoms with Crippen molar-refractivity contribution >= 4 is 9.84 Å². The summed E-state index contributed by atoms with van der Waals surface area (Å²) in [6.45, 7) is 0. The van der Waals surface area contributed by atoms with E-state index in [0.717, 1.165) is 0 Å². The molecule has 1 radical (unpaired) electrons. The van der Waals surface area contributed by atoms with Gasteiger partial charge in [0.05, 0.1) is 11.8 Å². The average Bonchev–Trinajstić information content (AvgIpc) is 2.50. The number of hydrogen-bond donors (Lipinski definition) is 1. The van der Waals surface area contributed by atoms with Crippen LogP contribution in [0.1, 0.15) is 18.2 Å². The van der Waals surface area contributed by atoms with E-state index in [0.29, 0.717) is 12.2 Å². The summed E-state index contributed by atoms with van der Waals surface area (Å²) >= 11 is 0. The van der Waals surface area contributed by atoms with Gasteiger partial charge in [-0.2, -0.15) is 0 Å². The molecule has 1 heterocycles. The van der Waals surface area contributed by atoms with Crippen molar-refractivity contribution in [2.24, 2.45) is 5.73 Å². The van der Waals surface area contributed by atoms with Gasteiger partial charge in [-0.3, -0.25) is 0 Å². The lowest BCUT2D eigenvalue weighted by atomic mass is 10.2. The van der Waals surface area contributed by atoms with Crippen LogP contribution in [0.15, 0.2) is 16.5 Å². The van der Waals surface area contributed by atoms with E-state index < -0.39 is 9.84 Å². The molecule has 0 aliphatic rings. The Morgan fingerprint density at radius 1 is 1.69 bits per heavy atom. The van der Waals surface area contributed by atoms with E-state index in [2.05, 4.69) is 6.26 Å². The quantitative estimate of drug-likeness (QED) is 0.772. The van der Waals surface area contributed by atoms with Gasteiger partial charge in [0.25, 0.3) is 0 Å². The molecule has 0 aromatic carbocycles. The van der Waals surface area contributed by atoms with E-state index >= 15 is 0 Å². The van der Waals surface area contributed by atoms with E-state index in [1.165, 1.54) is 6.26 Å². The molecule has 1 unspecified atom stereocenters. The third-order valence-corrected chi connectivity index (χ3v) is 2.63. The summed E-state index contributed by atoms with van der Waals surface area (Å²) in [5.41, 5.74) is 5.67. The summed E-state index contributed by atoms with van der Waals surface area (Å²) in [6.07, 6.45) is 4.07. The fraction of sp³-hybridized carbons (Fsp3) is 0.500. The Morgan fingerprint density at radius 2 is 2.38 bits per heavy atom. The second-order valence-corrected chi connectivity index (χ2v) is 5.24. The van der Waals surface area contributed by atoms with E-state index in [1.807, 2.05) is 0 Å². The van der Waals surface area contributed by atoms with Gasteiger partial charge in [0.15, 0.2) is 6.26 Å². The minimum Gasteiger partial charge on any atom is -0.456 e. The molecule has 0 amide bonds. The van der Waals surface area contributed by atoms with Gasteiger partial charge in [0.1, 0.15) is 15.6 Å².